The third-order valence-electron chi connectivity index (χ3n) is 3.54. The van der Waals surface area contributed by atoms with Crippen LogP contribution in [0, 0.1) is 5.41 Å². The molecule has 1 heterocycles. The van der Waals surface area contributed by atoms with Gasteiger partial charge in [-0.1, -0.05) is 44.6 Å². The lowest BCUT2D eigenvalue weighted by Gasteiger charge is -2.21. The van der Waals surface area contributed by atoms with E-state index >= 15 is 0 Å². The predicted molar refractivity (Wildman–Crippen MR) is 85.2 cm³/mol. The minimum absolute atomic E-state index is 0.229. The van der Waals surface area contributed by atoms with Crippen LogP contribution in [0.2, 0.25) is 0 Å². The van der Waals surface area contributed by atoms with Gasteiger partial charge in [-0.3, -0.25) is 0 Å². The van der Waals surface area contributed by atoms with Crippen molar-refractivity contribution in [3.63, 3.8) is 0 Å². The molecular formula is C15H15BrN2S. The van der Waals surface area contributed by atoms with Gasteiger partial charge in [0.05, 0.1) is 11.7 Å². The van der Waals surface area contributed by atoms with Crippen LogP contribution in [0.25, 0.3) is 16.6 Å². The summed E-state index contributed by atoms with van der Waals surface area (Å²) in [6, 6.07) is 4.20. The molecule has 0 fully saturated rings. The number of fused-ring (bicyclic) bond motifs is 1. The van der Waals surface area contributed by atoms with Crippen LogP contribution in [0.5, 0.6) is 0 Å². The zero-order valence-electron chi connectivity index (χ0n) is 11.2. The van der Waals surface area contributed by atoms with Crippen molar-refractivity contribution in [3.8, 4) is 0 Å². The maximum absolute atomic E-state index is 4.45. The second-order valence-corrected chi connectivity index (χ2v) is 7.25. The highest BCUT2D eigenvalue weighted by molar-refractivity contribution is 9.10. The summed E-state index contributed by atoms with van der Waals surface area (Å²) in [5.74, 6) is 0. The fraction of sp³-hybridized carbons (Fsp3) is 0.333. The minimum Gasteiger partial charge on any atom is -0.172 e. The van der Waals surface area contributed by atoms with E-state index in [9.17, 15) is 0 Å². The molecule has 0 aliphatic heterocycles. The molecule has 3 rings (SSSR count). The molecule has 0 saturated heterocycles. The van der Waals surface area contributed by atoms with Gasteiger partial charge in [-0.25, -0.2) is 0 Å². The van der Waals surface area contributed by atoms with Gasteiger partial charge in [0.25, 0.3) is 0 Å². The quantitative estimate of drug-likeness (QED) is 0.715. The fourth-order valence-electron chi connectivity index (χ4n) is 2.32. The monoisotopic (exact) mass is 334 g/mol. The molecule has 0 atom stereocenters. The van der Waals surface area contributed by atoms with Crippen molar-refractivity contribution in [2.75, 3.05) is 0 Å². The third kappa shape index (κ3) is 2.28. The maximum atomic E-state index is 4.45. The average Bonchev–Trinajstić information content (AvgIpc) is 2.97. The van der Waals surface area contributed by atoms with Crippen LogP contribution >= 0.6 is 27.7 Å². The highest BCUT2D eigenvalue weighted by Gasteiger charge is 2.23. The van der Waals surface area contributed by atoms with E-state index in [0.717, 1.165) is 21.9 Å². The van der Waals surface area contributed by atoms with E-state index in [1.165, 1.54) is 28.4 Å². The van der Waals surface area contributed by atoms with E-state index in [2.05, 4.69) is 69.7 Å². The highest BCUT2D eigenvalue weighted by atomic mass is 79.9. The van der Waals surface area contributed by atoms with Gasteiger partial charge in [0.1, 0.15) is 11.0 Å². The first-order chi connectivity index (χ1) is 8.97. The summed E-state index contributed by atoms with van der Waals surface area (Å²) in [6.45, 7) is 6.78. The normalized spacial score (nSPS) is 15.8. The van der Waals surface area contributed by atoms with E-state index in [4.69, 9.17) is 0 Å². The van der Waals surface area contributed by atoms with Crippen molar-refractivity contribution in [3.05, 3.63) is 39.9 Å². The van der Waals surface area contributed by atoms with Crippen molar-refractivity contribution < 1.29 is 0 Å². The van der Waals surface area contributed by atoms with Gasteiger partial charge in [0.15, 0.2) is 0 Å². The Bertz CT molecular complexity index is 704. The molecule has 0 amide bonds. The Morgan fingerprint density at radius 1 is 1.11 bits per heavy atom. The number of hydrogen-bond donors (Lipinski definition) is 0. The lowest BCUT2D eigenvalue weighted by atomic mass is 9.84. The first-order valence-corrected chi connectivity index (χ1v) is 7.80. The van der Waals surface area contributed by atoms with Gasteiger partial charge in [-0.05, 0) is 39.4 Å². The van der Waals surface area contributed by atoms with Gasteiger partial charge in [0.2, 0.25) is 0 Å². The molecule has 0 saturated carbocycles. The largest absolute Gasteiger partial charge is 0.172 e. The number of aromatic nitrogens is 2. The molecule has 0 radical (unpaired) electrons. The van der Waals surface area contributed by atoms with Crippen LogP contribution in [0.15, 0.2) is 34.3 Å². The van der Waals surface area contributed by atoms with Crippen molar-refractivity contribution in [2.24, 2.45) is 5.41 Å². The molecule has 1 aromatic carbocycles. The Morgan fingerprint density at radius 3 is 2.53 bits per heavy atom. The van der Waals surface area contributed by atoms with Gasteiger partial charge >= 0.3 is 0 Å². The highest BCUT2D eigenvalue weighted by Crippen LogP contribution is 2.40. The predicted octanol–water partition coefficient (Wildman–Crippen LogP) is 5.21. The average molecular weight is 335 g/mol. The van der Waals surface area contributed by atoms with Crippen molar-refractivity contribution in [1.82, 2.24) is 8.75 Å². The Labute approximate surface area is 125 Å². The molecule has 4 heteroatoms. The second kappa shape index (κ2) is 4.53. The summed E-state index contributed by atoms with van der Waals surface area (Å²) < 4.78 is 9.82. The number of rotatable bonds is 1. The smallest absolute Gasteiger partial charge is 0.119 e. The van der Waals surface area contributed by atoms with Gasteiger partial charge in [-0.15, -0.1) is 0 Å². The van der Waals surface area contributed by atoms with Crippen LogP contribution in [0.1, 0.15) is 32.8 Å². The van der Waals surface area contributed by atoms with Gasteiger partial charge in [-0.2, -0.15) is 8.75 Å². The summed E-state index contributed by atoms with van der Waals surface area (Å²) in [7, 11) is 0. The Hall–Kier alpha value is -1.00. The standard InChI is InChI=1S/C15H15BrN2S/c1-15(2,3)10-5-4-9(8-10)11-6-7-12(16)14-13(11)17-19-18-14/h4-7H,8H2,1-3H3. The zero-order valence-corrected chi connectivity index (χ0v) is 13.6. The Morgan fingerprint density at radius 2 is 1.84 bits per heavy atom. The van der Waals surface area contributed by atoms with Gasteiger partial charge in [0, 0.05) is 10.0 Å². The summed E-state index contributed by atoms with van der Waals surface area (Å²) in [4.78, 5) is 0. The van der Waals surface area contributed by atoms with Crippen molar-refractivity contribution >= 4 is 44.3 Å². The summed E-state index contributed by atoms with van der Waals surface area (Å²) >= 11 is 4.81. The molecule has 1 aromatic heterocycles. The molecule has 0 bridgehead atoms. The number of hydrogen-bond acceptors (Lipinski definition) is 3. The zero-order chi connectivity index (χ0) is 13.6. The van der Waals surface area contributed by atoms with Crippen LogP contribution in [-0.2, 0) is 0 Å². The molecule has 1 aliphatic rings. The first kappa shape index (κ1) is 13.0. The van der Waals surface area contributed by atoms with Crippen LogP contribution in [-0.4, -0.2) is 8.75 Å². The molecule has 98 valence electrons. The molecule has 2 nitrogen and oxygen atoms in total. The van der Waals surface area contributed by atoms with Crippen molar-refractivity contribution in [2.45, 2.75) is 27.2 Å². The number of benzene rings is 1. The topological polar surface area (TPSA) is 25.8 Å². The lowest BCUT2D eigenvalue weighted by molar-refractivity contribution is 0.497. The molecular weight excluding hydrogens is 320 g/mol. The SMILES string of the molecule is CC(C)(C)C1=CC=C(c2ccc(Br)c3nsnc23)C1. The van der Waals surface area contributed by atoms with E-state index in [1.807, 2.05) is 0 Å². The fourth-order valence-corrected chi connectivity index (χ4v) is 3.42. The molecule has 0 spiro atoms. The Balaban J connectivity index is 2.01. The first-order valence-electron chi connectivity index (χ1n) is 6.28. The second-order valence-electron chi connectivity index (χ2n) is 5.87. The maximum Gasteiger partial charge on any atom is 0.119 e. The van der Waals surface area contributed by atoms with Crippen LogP contribution in [0.4, 0.5) is 0 Å². The van der Waals surface area contributed by atoms with E-state index in [-0.39, 0.29) is 5.41 Å². The minimum atomic E-state index is 0.229. The summed E-state index contributed by atoms with van der Waals surface area (Å²) in [5.41, 5.74) is 6.23. The molecule has 0 N–H and O–H groups in total. The number of halogens is 1. The van der Waals surface area contributed by atoms with Gasteiger partial charge < -0.3 is 0 Å². The van der Waals surface area contributed by atoms with E-state index in [1.54, 1.807) is 0 Å². The van der Waals surface area contributed by atoms with E-state index in [0.29, 0.717) is 0 Å². The van der Waals surface area contributed by atoms with Crippen molar-refractivity contribution in [1.29, 1.82) is 0 Å². The molecule has 0 unspecified atom stereocenters. The number of allylic oxidation sites excluding steroid dienone is 4. The Kier molecular flexibility index (Phi) is 3.10. The molecule has 1 aliphatic carbocycles. The molecule has 19 heavy (non-hydrogen) atoms. The van der Waals surface area contributed by atoms with Crippen LogP contribution in [0.3, 0.4) is 0 Å². The van der Waals surface area contributed by atoms with Crippen LogP contribution < -0.4 is 0 Å². The van der Waals surface area contributed by atoms with E-state index < -0.39 is 0 Å². The summed E-state index contributed by atoms with van der Waals surface area (Å²) in [5, 5.41) is 0. The third-order valence-corrected chi connectivity index (χ3v) is 4.71. The number of nitrogens with zero attached hydrogens (tertiary/aromatic N) is 2. The summed E-state index contributed by atoms with van der Waals surface area (Å²) in [6.07, 6.45) is 5.49. The lowest BCUT2D eigenvalue weighted by Crippen LogP contribution is -2.07. The molecule has 2 aromatic rings.